The standard InChI is InChI=1S/C34H26FN5O5S/c35-25-11-13-26(14-12-25)37-34(46)38-27-8-4-5-22(19-27)21-36-33(42)30(39-32(41)24-6-2-1-3-7-24)20-29-17-18-31(45-29)23-9-15-28(16-10-23)40(43)44/h1-20H,21H2,(H,36,42)(H,39,41)(H2,37,38,46)/b30-20-. The van der Waals surface area contributed by atoms with Crippen LogP contribution in [0.3, 0.4) is 0 Å². The van der Waals surface area contributed by atoms with Gasteiger partial charge >= 0.3 is 0 Å². The molecule has 0 unspecified atom stereocenters. The molecule has 12 heteroatoms. The van der Waals surface area contributed by atoms with Crippen LogP contribution in [0, 0.1) is 15.9 Å². The van der Waals surface area contributed by atoms with E-state index in [2.05, 4.69) is 21.3 Å². The molecule has 2 amide bonds. The summed E-state index contributed by atoms with van der Waals surface area (Å²) in [5, 5.41) is 22.8. The van der Waals surface area contributed by atoms with Crippen LogP contribution in [0.5, 0.6) is 0 Å². The van der Waals surface area contributed by atoms with Gasteiger partial charge in [0.05, 0.1) is 4.92 Å². The summed E-state index contributed by atoms with van der Waals surface area (Å²) in [5.41, 5.74) is 2.88. The van der Waals surface area contributed by atoms with Gasteiger partial charge in [0.15, 0.2) is 5.11 Å². The van der Waals surface area contributed by atoms with Gasteiger partial charge in [-0.05, 0) is 90.6 Å². The van der Waals surface area contributed by atoms with Crippen LogP contribution in [0.2, 0.25) is 0 Å². The SMILES string of the molecule is O=C(NCc1cccc(NC(=S)Nc2ccc(F)cc2)c1)/C(=C/c1ccc(-c2ccc([N+](=O)[O-])cc2)o1)NC(=O)c1ccccc1. The van der Waals surface area contributed by atoms with Crippen LogP contribution >= 0.6 is 12.2 Å². The Kier molecular flexibility index (Phi) is 9.90. The second kappa shape index (κ2) is 14.6. The molecule has 0 spiro atoms. The lowest BCUT2D eigenvalue weighted by molar-refractivity contribution is -0.384. The molecule has 1 heterocycles. The van der Waals surface area contributed by atoms with Crippen molar-refractivity contribution in [3.8, 4) is 11.3 Å². The first-order chi connectivity index (χ1) is 22.2. The van der Waals surface area contributed by atoms with Crippen molar-refractivity contribution in [2.45, 2.75) is 6.54 Å². The number of hydrogen-bond acceptors (Lipinski definition) is 6. The molecule has 10 nitrogen and oxygen atoms in total. The fourth-order valence-corrected chi connectivity index (χ4v) is 4.52. The molecule has 0 aliphatic carbocycles. The Hall–Kier alpha value is -6.14. The number of rotatable bonds is 10. The van der Waals surface area contributed by atoms with Gasteiger partial charge in [0, 0.05) is 47.3 Å². The Bertz CT molecular complexity index is 1910. The highest BCUT2D eigenvalue weighted by molar-refractivity contribution is 7.80. The maximum absolute atomic E-state index is 13.4. The molecular formula is C34H26FN5O5S. The molecule has 46 heavy (non-hydrogen) atoms. The van der Waals surface area contributed by atoms with Crippen molar-refractivity contribution in [1.29, 1.82) is 0 Å². The molecule has 0 radical (unpaired) electrons. The second-order valence-corrected chi connectivity index (χ2v) is 10.3. The van der Waals surface area contributed by atoms with Crippen LogP contribution in [0.25, 0.3) is 17.4 Å². The summed E-state index contributed by atoms with van der Waals surface area (Å²) in [6.07, 6.45) is 1.41. The van der Waals surface area contributed by atoms with Gasteiger partial charge in [-0.25, -0.2) is 4.39 Å². The molecule has 5 aromatic rings. The highest BCUT2D eigenvalue weighted by Crippen LogP contribution is 2.25. The van der Waals surface area contributed by atoms with Crippen LogP contribution in [0.15, 0.2) is 125 Å². The number of non-ortho nitro benzene ring substituents is 1. The fourth-order valence-electron chi connectivity index (χ4n) is 4.28. The quantitative estimate of drug-likeness (QED) is 0.0563. The van der Waals surface area contributed by atoms with E-state index >= 15 is 0 Å². The first kappa shape index (κ1) is 31.3. The van der Waals surface area contributed by atoms with Crippen molar-refractivity contribution in [2.75, 3.05) is 10.6 Å². The Morgan fingerprint density at radius 1 is 0.848 bits per heavy atom. The predicted octanol–water partition coefficient (Wildman–Crippen LogP) is 6.89. The van der Waals surface area contributed by atoms with E-state index in [1.807, 2.05) is 6.07 Å². The molecule has 0 saturated carbocycles. The lowest BCUT2D eigenvalue weighted by Gasteiger charge is -2.13. The first-order valence-corrected chi connectivity index (χ1v) is 14.3. The molecule has 5 rings (SSSR count). The summed E-state index contributed by atoms with van der Waals surface area (Å²) in [4.78, 5) is 36.8. The smallest absolute Gasteiger partial charge is 0.269 e. The van der Waals surface area contributed by atoms with Gasteiger partial charge in [-0.3, -0.25) is 19.7 Å². The summed E-state index contributed by atoms with van der Waals surface area (Å²) in [6.45, 7) is 0.122. The maximum atomic E-state index is 13.4. The van der Waals surface area contributed by atoms with Gasteiger partial charge in [0.1, 0.15) is 23.0 Å². The molecule has 0 bridgehead atoms. The normalized spacial score (nSPS) is 10.9. The van der Waals surface area contributed by atoms with Gasteiger partial charge in [-0.1, -0.05) is 30.3 Å². The third-order valence-electron chi connectivity index (χ3n) is 6.54. The highest BCUT2D eigenvalue weighted by Gasteiger charge is 2.16. The number of halogens is 1. The predicted molar refractivity (Wildman–Crippen MR) is 177 cm³/mol. The zero-order valence-electron chi connectivity index (χ0n) is 24.0. The largest absolute Gasteiger partial charge is 0.457 e. The molecule has 1 aromatic heterocycles. The van der Waals surface area contributed by atoms with Crippen LogP contribution in [-0.2, 0) is 11.3 Å². The van der Waals surface area contributed by atoms with Crippen molar-refractivity contribution in [2.24, 2.45) is 0 Å². The number of hydrogen-bond donors (Lipinski definition) is 4. The average molecular weight is 636 g/mol. The number of amides is 2. The fraction of sp³-hybridized carbons (Fsp3) is 0.0294. The van der Waals surface area contributed by atoms with E-state index in [0.29, 0.717) is 33.4 Å². The number of carbonyl (C=O) groups excluding carboxylic acids is 2. The van der Waals surface area contributed by atoms with E-state index in [0.717, 1.165) is 5.56 Å². The van der Waals surface area contributed by atoms with Crippen molar-refractivity contribution >= 4 is 52.3 Å². The third kappa shape index (κ3) is 8.49. The molecule has 0 aliphatic rings. The van der Waals surface area contributed by atoms with E-state index in [4.69, 9.17) is 16.6 Å². The number of furan rings is 1. The number of carbonyl (C=O) groups is 2. The summed E-state index contributed by atoms with van der Waals surface area (Å²) in [6, 6.07) is 30.6. The molecule has 4 aromatic carbocycles. The van der Waals surface area contributed by atoms with Crippen LogP contribution in [0.4, 0.5) is 21.5 Å². The van der Waals surface area contributed by atoms with Gasteiger partial charge in [-0.2, -0.15) is 0 Å². The molecule has 0 atom stereocenters. The van der Waals surface area contributed by atoms with E-state index in [1.54, 1.807) is 84.9 Å². The Morgan fingerprint density at radius 3 is 2.28 bits per heavy atom. The summed E-state index contributed by atoms with van der Waals surface area (Å²) in [5.74, 6) is -0.707. The molecular weight excluding hydrogens is 609 g/mol. The number of thiocarbonyl (C=S) groups is 1. The van der Waals surface area contributed by atoms with Gasteiger partial charge < -0.3 is 25.7 Å². The van der Waals surface area contributed by atoms with Crippen molar-refractivity contribution < 1.29 is 23.3 Å². The van der Waals surface area contributed by atoms with Crippen LogP contribution < -0.4 is 21.3 Å². The molecule has 4 N–H and O–H groups in total. The Balaban J connectivity index is 1.29. The molecule has 230 valence electrons. The third-order valence-corrected chi connectivity index (χ3v) is 6.75. The van der Waals surface area contributed by atoms with Crippen molar-refractivity contribution in [1.82, 2.24) is 10.6 Å². The van der Waals surface area contributed by atoms with Gasteiger partial charge in [0.25, 0.3) is 17.5 Å². The minimum Gasteiger partial charge on any atom is -0.457 e. The summed E-state index contributed by atoms with van der Waals surface area (Å²) >= 11 is 5.36. The number of anilines is 2. The summed E-state index contributed by atoms with van der Waals surface area (Å²) in [7, 11) is 0. The lowest BCUT2D eigenvalue weighted by atomic mass is 10.1. The zero-order valence-corrected chi connectivity index (χ0v) is 24.8. The first-order valence-electron chi connectivity index (χ1n) is 13.9. The number of benzene rings is 4. The van der Waals surface area contributed by atoms with Gasteiger partial charge in [-0.15, -0.1) is 0 Å². The van der Waals surface area contributed by atoms with Crippen LogP contribution in [-0.4, -0.2) is 21.9 Å². The Labute approximate surface area is 268 Å². The monoisotopic (exact) mass is 635 g/mol. The van der Waals surface area contributed by atoms with Gasteiger partial charge in [0.2, 0.25) is 0 Å². The average Bonchev–Trinajstić information content (AvgIpc) is 3.53. The lowest BCUT2D eigenvalue weighted by Crippen LogP contribution is -2.34. The highest BCUT2D eigenvalue weighted by atomic mass is 32.1. The molecule has 0 saturated heterocycles. The minimum atomic E-state index is -0.565. The molecule has 0 aliphatic heterocycles. The number of nitrogens with zero attached hydrogens (tertiary/aromatic N) is 1. The van der Waals surface area contributed by atoms with Crippen molar-refractivity contribution in [3.05, 3.63) is 154 Å². The topological polar surface area (TPSA) is 139 Å². The van der Waals surface area contributed by atoms with Crippen LogP contribution in [0.1, 0.15) is 21.7 Å². The second-order valence-electron chi connectivity index (χ2n) is 9.85. The minimum absolute atomic E-state index is 0.0521. The maximum Gasteiger partial charge on any atom is 0.269 e. The summed E-state index contributed by atoms with van der Waals surface area (Å²) < 4.78 is 19.1. The van der Waals surface area contributed by atoms with Crippen molar-refractivity contribution in [3.63, 3.8) is 0 Å². The number of nitro groups is 1. The van der Waals surface area contributed by atoms with E-state index < -0.39 is 16.7 Å². The van der Waals surface area contributed by atoms with E-state index in [9.17, 15) is 24.1 Å². The zero-order chi connectivity index (χ0) is 32.5. The van der Waals surface area contributed by atoms with E-state index in [1.165, 1.54) is 30.3 Å². The number of nitro benzene ring substituents is 1. The molecule has 0 fully saturated rings. The van der Waals surface area contributed by atoms with E-state index in [-0.39, 0.29) is 29.5 Å². The Morgan fingerprint density at radius 2 is 1.57 bits per heavy atom. The number of nitrogens with one attached hydrogen (secondary N) is 4.